The van der Waals surface area contributed by atoms with Gasteiger partial charge in [-0.05, 0) is 43.8 Å². The summed E-state index contributed by atoms with van der Waals surface area (Å²) in [6.07, 6.45) is 0. The van der Waals surface area contributed by atoms with Crippen molar-refractivity contribution < 1.29 is 0 Å². The average Bonchev–Trinajstić information content (AvgIpc) is 2.47. The van der Waals surface area contributed by atoms with Gasteiger partial charge in [-0.1, -0.05) is 15.9 Å². The first kappa shape index (κ1) is 10.1. The molecule has 0 saturated heterocycles. The lowest BCUT2D eigenvalue weighted by molar-refractivity contribution is 0.400. The van der Waals surface area contributed by atoms with E-state index in [9.17, 15) is 0 Å². The topological polar surface area (TPSA) is 16.1 Å². The van der Waals surface area contributed by atoms with E-state index in [2.05, 4.69) is 57.5 Å². The highest BCUT2D eigenvalue weighted by molar-refractivity contribution is 9.10. The molecule has 1 aromatic heterocycles. The minimum Gasteiger partial charge on any atom is -0.304 e. The molecule has 0 bridgehead atoms. The molecule has 0 spiro atoms. The van der Waals surface area contributed by atoms with E-state index in [1.807, 2.05) is 0 Å². The van der Waals surface area contributed by atoms with Crippen LogP contribution in [0.4, 0.5) is 0 Å². The van der Waals surface area contributed by atoms with Gasteiger partial charge in [0.05, 0.1) is 10.4 Å². The Morgan fingerprint density at radius 2 is 2.21 bits per heavy atom. The van der Waals surface area contributed by atoms with Crippen LogP contribution in [0.2, 0.25) is 0 Å². The molecule has 2 aromatic rings. The normalized spacial score (nSPS) is 11.4. The van der Waals surface area contributed by atoms with Crippen LogP contribution in [0.1, 0.15) is 5.69 Å². The van der Waals surface area contributed by atoms with Crippen molar-refractivity contribution in [3.63, 3.8) is 0 Å². The van der Waals surface area contributed by atoms with Gasteiger partial charge in [-0.15, -0.1) is 0 Å². The van der Waals surface area contributed by atoms with Gasteiger partial charge >= 0.3 is 0 Å². The van der Waals surface area contributed by atoms with E-state index in [0.717, 1.165) is 16.7 Å². The fourth-order valence-electron chi connectivity index (χ4n) is 1.37. The van der Waals surface area contributed by atoms with E-state index >= 15 is 0 Å². The van der Waals surface area contributed by atoms with Crippen molar-refractivity contribution in [2.45, 2.75) is 6.54 Å². The van der Waals surface area contributed by atoms with Gasteiger partial charge in [0.25, 0.3) is 0 Å². The van der Waals surface area contributed by atoms with Gasteiger partial charge < -0.3 is 4.90 Å². The summed E-state index contributed by atoms with van der Waals surface area (Å²) >= 11 is 5.05. The molecule has 0 amide bonds. The van der Waals surface area contributed by atoms with Crippen molar-refractivity contribution in [2.75, 3.05) is 14.1 Å². The summed E-state index contributed by atoms with van der Waals surface area (Å²) in [5, 5.41) is 1.26. The fourth-order valence-corrected chi connectivity index (χ4v) is 2.50. The molecule has 0 atom stereocenters. The predicted molar refractivity (Wildman–Crippen MR) is 64.7 cm³/mol. The van der Waals surface area contributed by atoms with Crippen LogP contribution in [0.3, 0.4) is 0 Å². The molecule has 0 aliphatic rings. The molecule has 0 unspecified atom stereocenters. The lowest BCUT2D eigenvalue weighted by Crippen LogP contribution is -2.10. The van der Waals surface area contributed by atoms with Gasteiger partial charge in [0.2, 0.25) is 0 Å². The third-order valence-electron chi connectivity index (χ3n) is 1.97. The first-order valence-electron chi connectivity index (χ1n) is 4.35. The molecule has 1 aromatic carbocycles. The maximum absolute atomic E-state index is 4.46. The maximum Gasteiger partial charge on any atom is 0.0761 e. The highest BCUT2D eigenvalue weighted by atomic mass is 79.9. The van der Waals surface area contributed by atoms with Crippen LogP contribution in [-0.2, 0) is 6.54 Å². The molecule has 0 aliphatic heterocycles. The fraction of sp³-hybridized carbons (Fsp3) is 0.300. The lowest BCUT2D eigenvalue weighted by Gasteiger charge is -2.06. The van der Waals surface area contributed by atoms with Crippen molar-refractivity contribution >= 4 is 37.5 Å². The average molecular weight is 271 g/mol. The van der Waals surface area contributed by atoms with E-state index in [1.165, 1.54) is 10.1 Å². The van der Waals surface area contributed by atoms with Gasteiger partial charge in [0.1, 0.15) is 0 Å². The Labute approximate surface area is 95.8 Å². The van der Waals surface area contributed by atoms with E-state index in [1.54, 1.807) is 11.5 Å². The molecule has 14 heavy (non-hydrogen) atoms. The number of hydrogen-bond donors (Lipinski definition) is 0. The zero-order chi connectivity index (χ0) is 10.1. The molecular formula is C10H11BrN2S. The zero-order valence-corrected chi connectivity index (χ0v) is 10.5. The third-order valence-corrected chi connectivity index (χ3v) is 3.33. The minimum absolute atomic E-state index is 0.899. The second-order valence-electron chi connectivity index (χ2n) is 3.51. The second-order valence-corrected chi connectivity index (χ2v) is 5.23. The summed E-state index contributed by atoms with van der Waals surface area (Å²) in [6, 6.07) is 6.30. The SMILES string of the molecule is CN(C)Cc1nsc2ccc(Br)cc12. The number of benzene rings is 1. The lowest BCUT2D eigenvalue weighted by atomic mass is 10.2. The monoisotopic (exact) mass is 270 g/mol. The predicted octanol–water partition coefficient (Wildman–Crippen LogP) is 3.12. The highest BCUT2D eigenvalue weighted by Crippen LogP contribution is 2.26. The van der Waals surface area contributed by atoms with Gasteiger partial charge in [-0.2, -0.15) is 4.37 Å². The number of hydrogen-bond acceptors (Lipinski definition) is 3. The second kappa shape index (κ2) is 3.96. The van der Waals surface area contributed by atoms with Crippen molar-refractivity contribution in [1.82, 2.24) is 9.27 Å². The Bertz CT molecular complexity index is 450. The number of rotatable bonds is 2. The molecule has 0 N–H and O–H groups in total. The van der Waals surface area contributed by atoms with Gasteiger partial charge in [0.15, 0.2) is 0 Å². The number of nitrogens with zero attached hydrogens (tertiary/aromatic N) is 2. The van der Waals surface area contributed by atoms with E-state index < -0.39 is 0 Å². The molecule has 0 aliphatic carbocycles. The number of aromatic nitrogens is 1. The smallest absolute Gasteiger partial charge is 0.0761 e. The first-order chi connectivity index (χ1) is 6.66. The molecule has 1 heterocycles. The van der Waals surface area contributed by atoms with Crippen molar-refractivity contribution in [1.29, 1.82) is 0 Å². The van der Waals surface area contributed by atoms with E-state index in [-0.39, 0.29) is 0 Å². The Morgan fingerprint density at radius 3 is 2.93 bits per heavy atom. The largest absolute Gasteiger partial charge is 0.304 e. The highest BCUT2D eigenvalue weighted by Gasteiger charge is 2.06. The third kappa shape index (κ3) is 1.97. The van der Waals surface area contributed by atoms with Gasteiger partial charge in [-0.3, -0.25) is 0 Å². The van der Waals surface area contributed by atoms with E-state index in [0.29, 0.717) is 0 Å². The van der Waals surface area contributed by atoms with E-state index in [4.69, 9.17) is 0 Å². The molecule has 0 radical (unpaired) electrons. The van der Waals surface area contributed by atoms with Crippen LogP contribution in [0.5, 0.6) is 0 Å². The summed E-state index contributed by atoms with van der Waals surface area (Å²) in [7, 11) is 4.12. The molecular weight excluding hydrogens is 260 g/mol. The Hall–Kier alpha value is -0.450. The molecule has 0 fully saturated rings. The van der Waals surface area contributed by atoms with Crippen LogP contribution in [0.25, 0.3) is 10.1 Å². The van der Waals surface area contributed by atoms with Crippen molar-refractivity contribution in [2.24, 2.45) is 0 Å². The summed E-state index contributed by atoms with van der Waals surface area (Å²) < 4.78 is 6.83. The number of fused-ring (bicyclic) bond motifs is 1. The van der Waals surface area contributed by atoms with Gasteiger partial charge in [-0.25, -0.2) is 0 Å². The molecule has 0 saturated carbocycles. The molecule has 2 rings (SSSR count). The van der Waals surface area contributed by atoms with Crippen LogP contribution in [0, 0.1) is 0 Å². The van der Waals surface area contributed by atoms with Crippen LogP contribution < -0.4 is 0 Å². The first-order valence-corrected chi connectivity index (χ1v) is 5.92. The quantitative estimate of drug-likeness (QED) is 0.834. The van der Waals surface area contributed by atoms with Crippen LogP contribution in [0.15, 0.2) is 22.7 Å². The molecule has 74 valence electrons. The van der Waals surface area contributed by atoms with Gasteiger partial charge in [0, 0.05) is 16.4 Å². The standard InChI is InChI=1S/C10H11BrN2S/c1-13(2)6-9-8-5-7(11)3-4-10(8)14-12-9/h3-5H,6H2,1-2H3. The summed E-state index contributed by atoms with van der Waals surface area (Å²) in [5.41, 5.74) is 1.16. The maximum atomic E-state index is 4.46. The summed E-state index contributed by atoms with van der Waals surface area (Å²) in [4.78, 5) is 2.13. The molecule has 4 heteroatoms. The van der Waals surface area contributed by atoms with Crippen molar-refractivity contribution in [3.05, 3.63) is 28.4 Å². The zero-order valence-electron chi connectivity index (χ0n) is 8.12. The molecule has 2 nitrogen and oxygen atoms in total. The Morgan fingerprint density at radius 1 is 1.43 bits per heavy atom. The Balaban J connectivity index is 2.50. The van der Waals surface area contributed by atoms with Crippen LogP contribution in [-0.4, -0.2) is 23.4 Å². The summed E-state index contributed by atoms with van der Waals surface area (Å²) in [5.74, 6) is 0. The van der Waals surface area contributed by atoms with Crippen molar-refractivity contribution in [3.8, 4) is 0 Å². The summed E-state index contributed by atoms with van der Waals surface area (Å²) in [6.45, 7) is 0.899. The number of halogens is 1. The van der Waals surface area contributed by atoms with Crippen LogP contribution >= 0.6 is 27.5 Å². The minimum atomic E-state index is 0.899. The Kier molecular flexibility index (Phi) is 2.85.